The molecule has 1 amide bonds. The molecular formula is C18H28N2O4. The van der Waals surface area contributed by atoms with Crippen LogP contribution in [-0.2, 0) is 20.7 Å². The number of esters is 1. The monoisotopic (exact) mass is 336 g/mol. The number of hydrogen-bond donors (Lipinski definition) is 2. The summed E-state index contributed by atoms with van der Waals surface area (Å²) in [6, 6.07) is 8.74. The number of carbonyl (C=O) groups excluding carboxylic acids is 2. The second kappa shape index (κ2) is 8.15. The fourth-order valence-corrected chi connectivity index (χ4v) is 1.93. The Morgan fingerprint density at radius 3 is 2.25 bits per heavy atom. The van der Waals surface area contributed by atoms with Crippen LogP contribution in [0.15, 0.2) is 30.3 Å². The van der Waals surface area contributed by atoms with E-state index in [0.717, 1.165) is 5.56 Å². The molecule has 1 atom stereocenters. The molecule has 1 aromatic carbocycles. The number of ether oxygens (including phenoxy) is 2. The molecule has 1 aromatic rings. The van der Waals surface area contributed by atoms with Gasteiger partial charge >= 0.3 is 12.1 Å². The average molecular weight is 336 g/mol. The van der Waals surface area contributed by atoms with Crippen molar-refractivity contribution in [3.63, 3.8) is 0 Å². The quantitative estimate of drug-likeness (QED) is 0.779. The van der Waals surface area contributed by atoms with Crippen LogP contribution in [0.5, 0.6) is 0 Å². The second-order valence-electron chi connectivity index (χ2n) is 7.41. The van der Waals surface area contributed by atoms with Crippen molar-refractivity contribution in [1.29, 1.82) is 0 Å². The molecule has 24 heavy (non-hydrogen) atoms. The van der Waals surface area contributed by atoms with Gasteiger partial charge in [-0.1, -0.05) is 30.3 Å². The summed E-state index contributed by atoms with van der Waals surface area (Å²) in [7, 11) is 0. The Kier molecular flexibility index (Phi) is 6.78. The SMILES string of the molecule is CC(C)(COC(=O)[C@@H](N)Cc1ccccc1)NC(=O)OC(C)(C)C. The van der Waals surface area contributed by atoms with E-state index in [1.165, 1.54) is 0 Å². The zero-order valence-corrected chi connectivity index (χ0v) is 15.1. The number of benzene rings is 1. The summed E-state index contributed by atoms with van der Waals surface area (Å²) in [4.78, 5) is 23.8. The lowest BCUT2D eigenvalue weighted by molar-refractivity contribution is -0.147. The van der Waals surface area contributed by atoms with Gasteiger partial charge in [0.25, 0.3) is 0 Å². The summed E-state index contributed by atoms with van der Waals surface area (Å²) in [6.07, 6.45) is -0.156. The number of alkyl carbamates (subject to hydrolysis) is 1. The predicted octanol–water partition coefficient (Wildman–Crippen LogP) is 2.40. The highest BCUT2D eigenvalue weighted by Crippen LogP contribution is 2.10. The third-order valence-electron chi connectivity index (χ3n) is 3.02. The van der Waals surface area contributed by atoms with Gasteiger partial charge in [-0.3, -0.25) is 4.79 Å². The number of amides is 1. The first kappa shape index (κ1) is 20.0. The van der Waals surface area contributed by atoms with Gasteiger partial charge < -0.3 is 20.5 Å². The van der Waals surface area contributed by atoms with Gasteiger partial charge in [0.15, 0.2) is 0 Å². The van der Waals surface area contributed by atoms with E-state index in [9.17, 15) is 9.59 Å². The molecule has 134 valence electrons. The van der Waals surface area contributed by atoms with Crippen LogP contribution in [0.3, 0.4) is 0 Å². The summed E-state index contributed by atoms with van der Waals surface area (Å²) in [5, 5.41) is 2.68. The minimum atomic E-state index is -0.759. The van der Waals surface area contributed by atoms with E-state index in [1.807, 2.05) is 30.3 Å². The van der Waals surface area contributed by atoms with Crippen molar-refractivity contribution in [3.8, 4) is 0 Å². The van der Waals surface area contributed by atoms with Crippen LogP contribution in [0, 0.1) is 0 Å². The third-order valence-corrected chi connectivity index (χ3v) is 3.02. The van der Waals surface area contributed by atoms with E-state index >= 15 is 0 Å². The molecule has 0 spiro atoms. The van der Waals surface area contributed by atoms with Gasteiger partial charge in [-0.15, -0.1) is 0 Å². The molecule has 0 heterocycles. The smallest absolute Gasteiger partial charge is 0.408 e. The van der Waals surface area contributed by atoms with Crippen LogP contribution in [0.4, 0.5) is 4.79 Å². The Balaban J connectivity index is 2.45. The maximum Gasteiger partial charge on any atom is 0.408 e. The van der Waals surface area contributed by atoms with E-state index in [-0.39, 0.29) is 6.61 Å². The van der Waals surface area contributed by atoms with Gasteiger partial charge in [0.05, 0.1) is 5.54 Å². The van der Waals surface area contributed by atoms with Crippen molar-refractivity contribution in [2.24, 2.45) is 5.73 Å². The zero-order chi connectivity index (χ0) is 18.4. The number of carbonyl (C=O) groups is 2. The van der Waals surface area contributed by atoms with Crippen molar-refractivity contribution in [2.75, 3.05) is 6.61 Å². The molecule has 0 bridgehead atoms. The Morgan fingerprint density at radius 2 is 1.71 bits per heavy atom. The summed E-state index contributed by atoms with van der Waals surface area (Å²) in [6.45, 7) is 8.83. The highest BCUT2D eigenvalue weighted by atomic mass is 16.6. The lowest BCUT2D eigenvalue weighted by Crippen LogP contribution is -2.50. The number of rotatable bonds is 6. The van der Waals surface area contributed by atoms with Gasteiger partial charge in [-0.05, 0) is 46.6 Å². The fourth-order valence-electron chi connectivity index (χ4n) is 1.93. The summed E-state index contributed by atoms with van der Waals surface area (Å²) in [5.41, 5.74) is 5.49. The van der Waals surface area contributed by atoms with Crippen molar-refractivity contribution < 1.29 is 19.1 Å². The van der Waals surface area contributed by atoms with Crippen LogP contribution in [-0.4, -0.2) is 35.9 Å². The lowest BCUT2D eigenvalue weighted by Gasteiger charge is -2.28. The summed E-state index contributed by atoms with van der Waals surface area (Å²) in [5.74, 6) is -0.502. The zero-order valence-electron chi connectivity index (χ0n) is 15.1. The van der Waals surface area contributed by atoms with Crippen molar-refractivity contribution in [3.05, 3.63) is 35.9 Å². The first-order valence-electron chi connectivity index (χ1n) is 7.96. The number of nitrogens with two attached hydrogens (primary N) is 1. The van der Waals surface area contributed by atoms with Gasteiger partial charge in [0, 0.05) is 0 Å². The van der Waals surface area contributed by atoms with Crippen LogP contribution in [0.25, 0.3) is 0 Å². The Morgan fingerprint density at radius 1 is 1.12 bits per heavy atom. The first-order chi connectivity index (χ1) is 11.0. The molecule has 0 aromatic heterocycles. The molecule has 0 unspecified atom stereocenters. The highest BCUT2D eigenvalue weighted by molar-refractivity contribution is 5.76. The van der Waals surface area contributed by atoms with Gasteiger partial charge in [-0.25, -0.2) is 4.79 Å². The Labute approximate surface area is 143 Å². The highest BCUT2D eigenvalue weighted by Gasteiger charge is 2.27. The van der Waals surface area contributed by atoms with Crippen LogP contribution in [0.2, 0.25) is 0 Å². The minimum absolute atomic E-state index is 0.00751. The van der Waals surface area contributed by atoms with Gasteiger partial charge in [0.1, 0.15) is 18.2 Å². The van der Waals surface area contributed by atoms with Gasteiger partial charge in [-0.2, -0.15) is 0 Å². The predicted molar refractivity (Wildman–Crippen MR) is 92.5 cm³/mol. The molecule has 1 rings (SSSR count). The lowest BCUT2D eigenvalue weighted by atomic mass is 10.1. The molecule has 6 heteroatoms. The molecule has 0 aliphatic carbocycles. The van der Waals surface area contributed by atoms with Crippen LogP contribution in [0.1, 0.15) is 40.2 Å². The minimum Gasteiger partial charge on any atom is -0.462 e. The van der Waals surface area contributed by atoms with E-state index in [2.05, 4.69) is 5.32 Å². The topological polar surface area (TPSA) is 90.6 Å². The number of hydrogen-bond acceptors (Lipinski definition) is 5. The van der Waals surface area contributed by atoms with E-state index in [4.69, 9.17) is 15.2 Å². The van der Waals surface area contributed by atoms with Crippen LogP contribution < -0.4 is 11.1 Å². The van der Waals surface area contributed by atoms with E-state index in [1.54, 1.807) is 34.6 Å². The van der Waals surface area contributed by atoms with Crippen molar-refractivity contribution >= 4 is 12.1 Å². The van der Waals surface area contributed by atoms with E-state index in [0.29, 0.717) is 6.42 Å². The van der Waals surface area contributed by atoms with Gasteiger partial charge in [0.2, 0.25) is 0 Å². The first-order valence-corrected chi connectivity index (χ1v) is 7.96. The number of nitrogens with one attached hydrogen (secondary N) is 1. The fraction of sp³-hybridized carbons (Fsp3) is 0.556. The maximum absolute atomic E-state index is 12.0. The summed E-state index contributed by atoms with van der Waals surface area (Å²) >= 11 is 0. The Hall–Kier alpha value is -2.08. The molecule has 0 aliphatic rings. The molecule has 0 saturated carbocycles. The van der Waals surface area contributed by atoms with Crippen molar-refractivity contribution in [1.82, 2.24) is 5.32 Å². The normalized spacial score (nSPS) is 13.1. The Bertz CT molecular complexity index is 550. The molecule has 0 fully saturated rings. The molecular weight excluding hydrogens is 308 g/mol. The standard InChI is InChI=1S/C18H28N2O4/c1-17(2,3)24-16(22)20-18(4,5)12-23-15(21)14(19)11-13-9-7-6-8-10-13/h6-10,14H,11-12,19H2,1-5H3,(H,20,22)/t14-/m0/s1. The van der Waals surface area contributed by atoms with Crippen molar-refractivity contribution in [2.45, 2.75) is 58.2 Å². The molecule has 0 aliphatic heterocycles. The maximum atomic E-state index is 12.0. The molecule has 0 radical (unpaired) electrons. The molecule has 3 N–H and O–H groups in total. The molecule has 0 saturated heterocycles. The second-order valence-corrected chi connectivity index (χ2v) is 7.41. The third kappa shape index (κ3) is 7.97. The van der Waals surface area contributed by atoms with Crippen LogP contribution >= 0.6 is 0 Å². The average Bonchev–Trinajstić information content (AvgIpc) is 2.43. The molecule has 6 nitrogen and oxygen atoms in total. The largest absolute Gasteiger partial charge is 0.462 e. The summed E-state index contributed by atoms with van der Waals surface area (Å²) < 4.78 is 10.4. The van der Waals surface area contributed by atoms with E-state index < -0.39 is 29.2 Å².